The second-order valence-electron chi connectivity index (χ2n) is 4.35. The largest absolute Gasteiger partial charge is 0.461 e. The van der Waals surface area contributed by atoms with Crippen molar-refractivity contribution in [1.29, 1.82) is 0 Å². The van der Waals surface area contributed by atoms with E-state index in [0.29, 0.717) is 25.5 Å². The molecular weight excluding hydrogens is 248 g/mol. The maximum absolute atomic E-state index is 11.4. The summed E-state index contributed by atoms with van der Waals surface area (Å²) >= 11 is 0. The zero-order valence-electron chi connectivity index (χ0n) is 11.2. The molecule has 1 aromatic rings. The van der Waals surface area contributed by atoms with Crippen LogP contribution in [0.4, 0.5) is 0 Å². The zero-order chi connectivity index (χ0) is 13.5. The Bertz CT molecular complexity index is 399. The van der Waals surface area contributed by atoms with Crippen molar-refractivity contribution in [2.75, 3.05) is 19.8 Å². The molecule has 0 aliphatic carbocycles. The summed E-state index contributed by atoms with van der Waals surface area (Å²) in [5, 5.41) is 4.13. The number of esters is 1. The Balaban J connectivity index is 1.72. The summed E-state index contributed by atoms with van der Waals surface area (Å²) in [5.74, 6) is -0.391. The molecule has 1 aliphatic heterocycles. The van der Waals surface area contributed by atoms with Crippen molar-refractivity contribution in [1.82, 2.24) is 9.78 Å². The van der Waals surface area contributed by atoms with Crippen LogP contribution in [-0.4, -0.2) is 41.9 Å². The molecule has 0 spiro atoms. The smallest absolute Gasteiger partial charge is 0.358 e. The molecule has 0 radical (unpaired) electrons. The number of carbonyl (C=O) groups is 1. The van der Waals surface area contributed by atoms with E-state index in [2.05, 4.69) is 5.10 Å². The van der Waals surface area contributed by atoms with Crippen LogP contribution in [0.25, 0.3) is 0 Å². The molecule has 0 aromatic carbocycles. The number of aromatic nitrogens is 2. The molecule has 1 atom stereocenters. The van der Waals surface area contributed by atoms with Crippen LogP contribution in [-0.2, 0) is 20.8 Å². The van der Waals surface area contributed by atoms with Crippen molar-refractivity contribution < 1.29 is 19.0 Å². The first-order valence-corrected chi connectivity index (χ1v) is 6.73. The highest BCUT2D eigenvalue weighted by atomic mass is 16.7. The molecular formula is C13H20N2O4. The van der Waals surface area contributed by atoms with Gasteiger partial charge in [-0.1, -0.05) is 0 Å². The van der Waals surface area contributed by atoms with Crippen LogP contribution in [0.5, 0.6) is 0 Å². The number of carbonyl (C=O) groups excluding carboxylic acids is 1. The summed E-state index contributed by atoms with van der Waals surface area (Å²) in [7, 11) is 0. The Morgan fingerprint density at radius 3 is 3.21 bits per heavy atom. The molecule has 0 N–H and O–H groups in total. The van der Waals surface area contributed by atoms with Gasteiger partial charge in [-0.25, -0.2) is 4.79 Å². The van der Waals surface area contributed by atoms with Crippen LogP contribution in [0.2, 0.25) is 0 Å². The Labute approximate surface area is 112 Å². The SMILES string of the molecule is CCOC(=O)c1ccn(CCOC2CCCCO2)n1. The lowest BCUT2D eigenvalue weighted by molar-refractivity contribution is -0.163. The van der Waals surface area contributed by atoms with Crippen LogP contribution < -0.4 is 0 Å². The fourth-order valence-corrected chi connectivity index (χ4v) is 1.92. The van der Waals surface area contributed by atoms with Gasteiger partial charge in [0.1, 0.15) is 0 Å². The van der Waals surface area contributed by atoms with Crippen LogP contribution >= 0.6 is 0 Å². The Morgan fingerprint density at radius 1 is 1.58 bits per heavy atom. The summed E-state index contributed by atoms with van der Waals surface area (Å²) in [4.78, 5) is 11.4. The molecule has 2 heterocycles. The third kappa shape index (κ3) is 4.33. The third-order valence-electron chi connectivity index (χ3n) is 2.89. The van der Waals surface area contributed by atoms with Crippen LogP contribution in [0, 0.1) is 0 Å². The van der Waals surface area contributed by atoms with Crippen LogP contribution in [0.3, 0.4) is 0 Å². The van der Waals surface area contributed by atoms with Crippen molar-refractivity contribution >= 4 is 5.97 Å². The van der Waals surface area contributed by atoms with E-state index in [1.807, 2.05) is 0 Å². The van der Waals surface area contributed by atoms with Gasteiger partial charge in [0, 0.05) is 12.8 Å². The number of ether oxygens (including phenoxy) is 3. The predicted molar refractivity (Wildman–Crippen MR) is 67.7 cm³/mol. The minimum Gasteiger partial charge on any atom is -0.461 e. The number of nitrogens with zero attached hydrogens (tertiary/aromatic N) is 2. The first-order valence-electron chi connectivity index (χ1n) is 6.73. The molecule has 0 saturated carbocycles. The normalized spacial score (nSPS) is 19.3. The van der Waals surface area contributed by atoms with Crippen molar-refractivity contribution in [3.8, 4) is 0 Å². The van der Waals surface area contributed by atoms with Crippen LogP contribution in [0.15, 0.2) is 12.3 Å². The van der Waals surface area contributed by atoms with Gasteiger partial charge in [0.25, 0.3) is 0 Å². The van der Waals surface area contributed by atoms with Crippen molar-refractivity contribution in [3.63, 3.8) is 0 Å². The summed E-state index contributed by atoms with van der Waals surface area (Å²) in [6, 6.07) is 1.65. The van der Waals surface area contributed by atoms with E-state index in [9.17, 15) is 4.79 Å². The molecule has 2 rings (SSSR count). The lowest BCUT2D eigenvalue weighted by atomic mass is 10.2. The van der Waals surface area contributed by atoms with E-state index >= 15 is 0 Å². The van der Waals surface area contributed by atoms with Gasteiger partial charge in [-0.3, -0.25) is 4.68 Å². The van der Waals surface area contributed by atoms with Gasteiger partial charge in [-0.2, -0.15) is 5.10 Å². The maximum Gasteiger partial charge on any atom is 0.358 e. The fourth-order valence-electron chi connectivity index (χ4n) is 1.92. The van der Waals surface area contributed by atoms with E-state index in [-0.39, 0.29) is 6.29 Å². The molecule has 19 heavy (non-hydrogen) atoms. The van der Waals surface area contributed by atoms with E-state index in [0.717, 1.165) is 25.9 Å². The Hall–Kier alpha value is -1.40. The van der Waals surface area contributed by atoms with Gasteiger partial charge in [0.2, 0.25) is 0 Å². The molecule has 1 saturated heterocycles. The van der Waals surface area contributed by atoms with Gasteiger partial charge in [-0.15, -0.1) is 0 Å². The molecule has 106 valence electrons. The highest BCUT2D eigenvalue weighted by molar-refractivity contribution is 5.86. The van der Waals surface area contributed by atoms with Crippen LogP contribution in [0.1, 0.15) is 36.7 Å². The molecule has 0 bridgehead atoms. The second-order valence-corrected chi connectivity index (χ2v) is 4.35. The van der Waals surface area contributed by atoms with E-state index < -0.39 is 5.97 Å². The summed E-state index contributed by atoms with van der Waals surface area (Å²) in [6.45, 7) is 4.02. The van der Waals surface area contributed by atoms with Gasteiger partial charge in [-0.05, 0) is 32.3 Å². The third-order valence-corrected chi connectivity index (χ3v) is 2.89. The molecule has 1 aromatic heterocycles. The quantitative estimate of drug-likeness (QED) is 0.733. The van der Waals surface area contributed by atoms with E-state index in [4.69, 9.17) is 14.2 Å². The lowest BCUT2D eigenvalue weighted by Crippen LogP contribution is -2.24. The zero-order valence-corrected chi connectivity index (χ0v) is 11.2. The predicted octanol–water partition coefficient (Wildman–Crippen LogP) is 1.60. The van der Waals surface area contributed by atoms with Gasteiger partial charge < -0.3 is 14.2 Å². The minimum atomic E-state index is -0.391. The molecule has 0 amide bonds. The minimum absolute atomic E-state index is 0.0890. The number of rotatable bonds is 6. The van der Waals surface area contributed by atoms with Crippen molar-refractivity contribution in [2.24, 2.45) is 0 Å². The number of hydrogen-bond donors (Lipinski definition) is 0. The first-order chi connectivity index (χ1) is 9.29. The highest BCUT2D eigenvalue weighted by Crippen LogP contribution is 2.13. The van der Waals surface area contributed by atoms with E-state index in [1.54, 1.807) is 23.9 Å². The molecule has 6 heteroatoms. The molecule has 1 aliphatic rings. The average Bonchev–Trinajstić information content (AvgIpc) is 2.89. The monoisotopic (exact) mass is 268 g/mol. The second kappa shape index (κ2) is 7.25. The molecule has 6 nitrogen and oxygen atoms in total. The topological polar surface area (TPSA) is 62.6 Å². The molecule has 1 fully saturated rings. The Kier molecular flexibility index (Phi) is 5.35. The average molecular weight is 268 g/mol. The summed E-state index contributed by atoms with van der Waals surface area (Å²) in [5.41, 5.74) is 0.329. The van der Waals surface area contributed by atoms with Crippen molar-refractivity contribution in [2.45, 2.75) is 39.0 Å². The van der Waals surface area contributed by atoms with Gasteiger partial charge in [0.05, 0.1) is 19.8 Å². The van der Waals surface area contributed by atoms with Gasteiger partial charge in [0.15, 0.2) is 12.0 Å². The van der Waals surface area contributed by atoms with Crippen molar-refractivity contribution in [3.05, 3.63) is 18.0 Å². The standard InChI is InChI=1S/C13H20N2O4/c1-2-17-13(16)11-6-7-15(14-11)8-10-19-12-5-3-4-9-18-12/h6-7,12H,2-5,8-10H2,1H3. The lowest BCUT2D eigenvalue weighted by Gasteiger charge is -2.22. The Morgan fingerprint density at radius 2 is 2.47 bits per heavy atom. The number of hydrogen-bond acceptors (Lipinski definition) is 5. The first kappa shape index (κ1) is 14.0. The molecule has 1 unspecified atom stereocenters. The summed E-state index contributed by atoms with van der Waals surface area (Å²) in [6.07, 6.45) is 4.88. The summed E-state index contributed by atoms with van der Waals surface area (Å²) < 4.78 is 17.6. The van der Waals surface area contributed by atoms with Gasteiger partial charge >= 0.3 is 5.97 Å². The fraction of sp³-hybridized carbons (Fsp3) is 0.692. The highest BCUT2D eigenvalue weighted by Gasteiger charge is 2.14. The van der Waals surface area contributed by atoms with E-state index in [1.165, 1.54) is 0 Å². The maximum atomic E-state index is 11.4.